The molecule has 2 aromatic carbocycles. The topological polar surface area (TPSA) is 92.8 Å². The van der Waals surface area contributed by atoms with Crippen molar-refractivity contribution in [2.75, 3.05) is 24.4 Å². The molecule has 1 aliphatic rings. The Balaban J connectivity index is 2.07. The SMILES string of the molecule is CCCCOP(=O)(c1ccc(Cl)cc1NS(=O)(=O)c1ccc(Cl)c(C(F)(F)F)c1)N1CCC(=O)CC1. The van der Waals surface area contributed by atoms with Crippen molar-refractivity contribution >= 4 is 57.5 Å². The van der Waals surface area contributed by atoms with Gasteiger partial charge in [0.05, 0.1) is 33.1 Å². The van der Waals surface area contributed by atoms with Crippen LogP contribution in [-0.4, -0.2) is 38.6 Å². The Morgan fingerprint density at radius 1 is 1.11 bits per heavy atom. The monoisotopic (exact) mass is 586 g/mol. The quantitative estimate of drug-likeness (QED) is 0.281. The van der Waals surface area contributed by atoms with Crippen molar-refractivity contribution < 1.29 is 35.5 Å². The van der Waals surface area contributed by atoms with Gasteiger partial charge in [0, 0.05) is 31.0 Å². The van der Waals surface area contributed by atoms with E-state index >= 15 is 0 Å². The van der Waals surface area contributed by atoms with E-state index in [0.717, 1.165) is 18.6 Å². The number of nitrogens with zero attached hydrogens (tertiary/aromatic N) is 1. The summed E-state index contributed by atoms with van der Waals surface area (Å²) in [6.45, 7) is 2.31. The Bertz CT molecular complexity index is 1280. The molecule has 3 rings (SSSR count). The summed E-state index contributed by atoms with van der Waals surface area (Å²) in [6.07, 6.45) is -3.24. The van der Waals surface area contributed by atoms with E-state index in [1.807, 2.05) is 6.92 Å². The standard InChI is InChI=1S/C22H24Cl2F3N2O5PS/c1-2-3-12-34-35(31,29-10-8-16(30)9-11-29)21-7-4-15(23)13-20(21)28-36(32,33)17-5-6-19(24)18(14-17)22(25,26)27/h4-7,13-14,28H,2-3,8-12H2,1H3. The van der Waals surface area contributed by atoms with Gasteiger partial charge in [-0.3, -0.25) is 14.1 Å². The molecule has 7 nitrogen and oxygen atoms in total. The van der Waals surface area contributed by atoms with E-state index in [1.165, 1.54) is 22.9 Å². The minimum Gasteiger partial charge on any atom is -0.314 e. The number of sulfonamides is 1. The molecule has 14 heteroatoms. The van der Waals surface area contributed by atoms with Gasteiger partial charge in [0.15, 0.2) is 0 Å². The molecule has 36 heavy (non-hydrogen) atoms. The van der Waals surface area contributed by atoms with Gasteiger partial charge in [0.25, 0.3) is 10.0 Å². The highest BCUT2D eigenvalue weighted by Gasteiger charge is 2.39. The first-order chi connectivity index (χ1) is 16.8. The van der Waals surface area contributed by atoms with Crippen molar-refractivity contribution in [3.05, 3.63) is 52.0 Å². The molecule has 1 aliphatic heterocycles. The van der Waals surface area contributed by atoms with E-state index in [2.05, 4.69) is 4.72 Å². The van der Waals surface area contributed by atoms with Crippen LogP contribution in [0.25, 0.3) is 0 Å². The largest absolute Gasteiger partial charge is 0.417 e. The number of unbranched alkanes of at least 4 members (excludes halogenated alkanes) is 1. The molecule has 1 atom stereocenters. The lowest BCUT2D eigenvalue weighted by atomic mass is 10.1. The molecule has 1 saturated heterocycles. The number of hydrogen-bond acceptors (Lipinski definition) is 5. The number of nitrogens with one attached hydrogen (secondary N) is 1. The summed E-state index contributed by atoms with van der Waals surface area (Å²) in [5.74, 6) is 0.00611. The maximum atomic E-state index is 14.3. The smallest absolute Gasteiger partial charge is 0.314 e. The number of carbonyl (C=O) groups is 1. The van der Waals surface area contributed by atoms with Crippen molar-refractivity contribution in [3.8, 4) is 0 Å². The van der Waals surface area contributed by atoms with Crippen molar-refractivity contribution in [1.29, 1.82) is 0 Å². The predicted molar refractivity (Wildman–Crippen MR) is 133 cm³/mol. The first-order valence-electron chi connectivity index (χ1n) is 11.0. The second-order valence-electron chi connectivity index (χ2n) is 8.11. The summed E-state index contributed by atoms with van der Waals surface area (Å²) in [6, 6.07) is 6.15. The fourth-order valence-electron chi connectivity index (χ4n) is 3.57. The Morgan fingerprint density at radius 2 is 1.78 bits per heavy atom. The predicted octanol–water partition coefficient (Wildman–Crippen LogP) is 6.11. The number of piperidine rings is 1. The van der Waals surface area contributed by atoms with Gasteiger partial charge >= 0.3 is 13.7 Å². The number of halogens is 5. The highest BCUT2D eigenvalue weighted by atomic mass is 35.5. The molecule has 0 spiro atoms. The molecular formula is C22H24Cl2F3N2O5PS. The summed E-state index contributed by atoms with van der Waals surface area (Å²) >= 11 is 11.7. The van der Waals surface area contributed by atoms with Gasteiger partial charge in [0.1, 0.15) is 5.78 Å². The molecule has 1 fully saturated rings. The zero-order chi connectivity index (χ0) is 26.7. The van der Waals surface area contributed by atoms with Crippen molar-refractivity contribution in [2.45, 2.75) is 43.7 Å². The molecule has 0 amide bonds. The lowest BCUT2D eigenvalue weighted by Gasteiger charge is -2.34. The van der Waals surface area contributed by atoms with Crippen molar-refractivity contribution in [1.82, 2.24) is 4.67 Å². The number of rotatable bonds is 9. The normalized spacial score (nSPS) is 17.1. The third-order valence-corrected chi connectivity index (χ3v) is 10.1. The lowest BCUT2D eigenvalue weighted by molar-refractivity contribution is -0.137. The highest BCUT2D eigenvalue weighted by Crippen LogP contribution is 2.53. The fraction of sp³-hybridized carbons (Fsp3) is 0.409. The summed E-state index contributed by atoms with van der Waals surface area (Å²) in [7, 11) is -8.48. The van der Waals surface area contributed by atoms with Crippen LogP contribution in [0.5, 0.6) is 0 Å². The number of hydrogen-bond donors (Lipinski definition) is 1. The fourth-order valence-corrected chi connectivity index (χ4v) is 7.54. The Morgan fingerprint density at radius 3 is 2.39 bits per heavy atom. The molecule has 0 bridgehead atoms. The molecule has 2 aromatic rings. The Kier molecular flexibility index (Phi) is 9.17. The van der Waals surface area contributed by atoms with E-state index in [0.29, 0.717) is 12.5 Å². The van der Waals surface area contributed by atoms with Crippen LogP contribution in [0.2, 0.25) is 10.0 Å². The van der Waals surface area contributed by atoms with Crippen molar-refractivity contribution in [2.24, 2.45) is 0 Å². The highest BCUT2D eigenvalue weighted by molar-refractivity contribution is 7.92. The second kappa shape index (κ2) is 11.4. The van der Waals surface area contributed by atoms with E-state index < -0.39 is 39.2 Å². The molecule has 0 radical (unpaired) electrons. The first kappa shape index (κ1) is 28.9. The van der Waals surface area contributed by atoms with E-state index in [1.54, 1.807) is 0 Å². The zero-order valence-corrected chi connectivity index (χ0v) is 22.4. The van der Waals surface area contributed by atoms with E-state index in [-0.39, 0.29) is 54.3 Å². The number of ketones is 1. The van der Waals surface area contributed by atoms with Gasteiger partial charge in [-0.1, -0.05) is 36.5 Å². The van der Waals surface area contributed by atoms with Crippen LogP contribution < -0.4 is 10.0 Å². The van der Waals surface area contributed by atoms with Gasteiger partial charge in [0.2, 0.25) is 0 Å². The average Bonchev–Trinajstić information content (AvgIpc) is 2.78. The van der Waals surface area contributed by atoms with Gasteiger partial charge in [-0.05, 0) is 42.8 Å². The van der Waals surface area contributed by atoms with Crippen LogP contribution >= 0.6 is 30.7 Å². The summed E-state index contributed by atoms with van der Waals surface area (Å²) in [4.78, 5) is 11.1. The van der Waals surface area contributed by atoms with E-state index in [9.17, 15) is 30.9 Å². The van der Waals surface area contributed by atoms with E-state index in [4.69, 9.17) is 27.7 Å². The van der Waals surface area contributed by atoms with Crippen LogP contribution in [0, 0.1) is 0 Å². The zero-order valence-electron chi connectivity index (χ0n) is 19.1. The van der Waals surface area contributed by atoms with Crippen molar-refractivity contribution in [3.63, 3.8) is 0 Å². The second-order valence-corrected chi connectivity index (χ2v) is 13.0. The molecule has 0 saturated carbocycles. The number of alkyl halides is 3. The average molecular weight is 587 g/mol. The Labute approximate surface area is 217 Å². The third-order valence-electron chi connectivity index (χ3n) is 5.49. The molecule has 1 N–H and O–H groups in total. The maximum absolute atomic E-state index is 14.3. The molecule has 0 aliphatic carbocycles. The van der Waals surface area contributed by atoms with Crippen LogP contribution in [0.15, 0.2) is 41.3 Å². The van der Waals surface area contributed by atoms with Gasteiger partial charge in [-0.25, -0.2) is 13.1 Å². The Hall–Kier alpha value is -1.62. The minimum atomic E-state index is -4.88. The molecule has 1 unspecified atom stereocenters. The minimum absolute atomic E-state index is 0.00611. The molecule has 198 valence electrons. The number of anilines is 1. The third kappa shape index (κ3) is 6.62. The number of carbonyl (C=O) groups excluding carboxylic acids is 1. The number of benzene rings is 2. The van der Waals surface area contributed by atoms with Gasteiger partial charge in [-0.2, -0.15) is 13.2 Å². The van der Waals surface area contributed by atoms with Crippen LogP contribution in [0.3, 0.4) is 0 Å². The molecular weight excluding hydrogens is 563 g/mol. The summed E-state index contributed by atoms with van der Waals surface area (Å²) in [5, 5.41) is -0.582. The number of Topliss-reactive ketones (excluding diaryl/α,β-unsaturated/α-hetero) is 1. The van der Waals surface area contributed by atoms with Gasteiger partial charge < -0.3 is 4.52 Å². The van der Waals surface area contributed by atoms with Crippen LogP contribution in [0.1, 0.15) is 38.2 Å². The molecule has 1 heterocycles. The van der Waals surface area contributed by atoms with Gasteiger partial charge in [-0.15, -0.1) is 0 Å². The molecule has 0 aromatic heterocycles. The first-order valence-corrected chi connectivity index (χ1v) is 14.8. The van der Waals surface area contributed by atoms with Crippen LogP contribution in [0.4, 0.5) is 18.9 Å². The summed E-state index contributed by atoms with van der Waals surface area (Å²) < 4.78 is 90.0. The summed E-state index contributed by atoms with van der Waals surface area (Å²) in [5.41, 5.74) is -1.52. The maximum Gasteiger partial charge on any atom is 0.417 e. The lowest BCUT2D eigenvalue weighted by Crippen LogP contribution is -2.36. The van der Waals surface area contributed by atoms with Crippen LogP contribution in [-0.2, 0) is 30.1 Å².